The molecule has 0 spiro atoms. The van der Waals surface area contributed by atoms with Crippen LogP contribution in [-0.2, 0) is 19.5 Å². The van der Waals surface area contributed by atoms with Crippen molar-refractivity contribution in [3.63, 3.8) is 0 Å². The SMILES string of the molecule is NCc1ccc(CC(O)CO)c(CN)n1. The fraction of sp³-hybridized carbons (Fsp3) is 0.500. The van der Waals surface area contributed by atoms with Crippen molar-refractivity contribution in [3.8, 4) is 0 Å². The summed E-state index contributed by atoms with van der Waals surface area (Å²) in [6, 6.07) is 3.65. The van der Waals surface area contributed by atoms with Crippen molar-refractivity contribution in [2.75, 3.05) is 6.61 Å². The molecule has 0 amide bonds. The smallest absolute Gasteiger partial charge is 0.0811 e. The zero-order valence-corrected chi connectivity index (χ0v) is 8.56. The maximum absolute atomic E-state index is 9.31. The summed E-state index contributed by atoms with van der Waals surface area (Å²) in [4.78, 5) is 4.25. The van der Waals surface area contributed by atoms with E-state index in [1.165, 1.54) is 0 Å². The van der Waals surface area contributed by atoms with Gasteiger partial charge in [-0.2, -0.15) is 0 Å². The Morgan fingerprint density at radius 1 is 1.27 bits per heavy atom. The van der Waals surface area contributed by atoms with Gasteiger partial charge in [-0.25, -0.2) is 0 Å². The van der Waals surface area contributed by atoms with Gasteiger partial charge in [-0.1, -0.05) is 6.07 Å². The highest BCUT2D eigenvalue weighted by Gasteiger charge is 2.09. The van der Waals surface area contributed by atoms with Gasteiger partial charge in [-0.15, -0.1) is 0 Å². The van der Waals surface area contributed by atoms with Gasteiger partial charge in [0.25, 0.3) is 0 Å². The monoisotopic (exact) mass is 211 g/mol. The molecule has 6 N–H and O–H groups in total. The molecule has 1 heterocycles. The molecular formula is C10H17N3O2. The fourth-order valence-electron chi connectivity index (χ4n) is 1.37. The third-order valence-corrected chi connectivity index (χ3v) is 2.19. The van der Waals surface area contributed by atoms with Gasteiger partial charge in [0, 0.05) is 19.5 Å². The van der Waals surface area contributed by atoms with Crippen molar-refractivity contribution >= 4 is 0 Å². The third kappa shape index (κ3) is 3.24. The van der Waals surface area contributed by atoms with Crippen LogP contribution in [0.4, 0.5) is 0 Å². The Morgan fingerprint density at radius 2 is 2.00 bits per heavy atom. The van der Waals surface area contributed by atoms with Crippen LogP contribution in [0.25, 0.3) is 0 Å². The van der Waals surface area contributed by atoms with Crippen molar-refractivity contribution < 1.29 is 10.2 Å². The zero-order chi connectivity index (χ0) is 11.3. The second-order valence-corrected chi connectivity index (χ2v) is 3.36. The quantitative estimate of drug-likeness (QED) is 0.494. The summed E-state index contributed by atoms with van der Waals surface area (Å²) in [6.07, 6.45) is -0.401. The Hall–Kier alpha value is -1.01. The lowest BCUT2D eigenvalue weighted by Gasteiger charge is -2.11. The number of rotatable bonds is 5. The number of hydrogen-bond donors (Lipinski definition) is 4. The largest absolute Gasteiger partial charge is 0.394 e. The Morgan fingerprint density at radius 3 is 2.53 bits per heavy atom. The average Bonchev–Trinajstić information content (AvgIpc) is 2.29. The number of aliphatic hydroxyl groups is 2. The molecule has 1 aromatic heterocycles. The van der Waals surface area contributed by atoms with Crippen LogP contribution >= 0.6 is 0 Å². The number of nitrogens with two attached hydrogens (primary N) is 2. The molecule has 0 aliphatic rings. The van der Waals surface area contributed by atoms with Crippen molar-refractivity contribution in [1.29, 1.82) is 0 Å². The minimum Gasteiger partial charge on any atom is -0.394 e. The molecule has 5 heteroatoms. The molecule has 0 saturated heterocycles. The summed E-state index contributed by atoms with van der Waals surface area (Å²) in [6.45, 7) is 0.416. The summed E-state index contributed by atoms with van der Waals surface area (Å²) in [5.74, 6) is 0. The summed E-state index contributed by atoms with van der Waals surface area (Å²) in [5, 5.41) is 18.1. The number of hydrogen-bond acceptors (Lipinski definition) is 5. The second-order valence-electron chi connectivity index (χ2n) is 3.36. The molecule has 0 aliphatic carbocycles. The van der Waals surface area contributed by atoms with E-state index in [2.05, 4.69) is 4.98 Å². The molecule has 1 atom stereocenters. The minimum absolute atomic E-state index is 0.261. The van der Waals surface area contributed by atoms with Crippen LogP contribution in [-0.4, -0.2) is 27.9 Å². The van der Waals surface area contributed by atoms with Gasteiger partial charge in [0.2, 0.25) is 0 Å². The summed E-state index contributed by atoms with van der Waals surface area (Å²) in [7, 11) is 0. The number of aliphatic hydroxyl groups excluding tert-OH is 2. The Balaban J connectivity index is 2.87. The lowest BCUT2D eigenvalue weighted by molar-refractivity contribution is 0.0952. The number of nitrogens with zero attached hydrogens (tertiary/aromatic N) is 1. The average molecular weight is 211 g/mol. The van der Waals surface area contributed by atoms with Gasteiger partial charge in [0.05, 0.1) is 24.1 Å². The lowest BCUT2D eigenvalue weighted by Crippen LogP contribution is -2.18. The Bertz CT molecular complexity index is 318. The molecule has 84 valence electrons. The van der Waals surface area contributed by atoms with Crippen molar-refractivity contribution in [1.82, 2.24) is 4.98 Å². The van der Waals surface area contributed by atoms with Crippen molar-refractivity contribution in [3.05, 3.63) is 29.1 Å². The topological polar surface area (TPSA) is 105 Å². The standard InChI is InChI=1S/C10H17N3O2/c11-4-8-2-1-7(3-9(15)6-14)10(5-12)13-8/h1-2,9,14-15H,3-6,11-12H2. The molecular weight excluding hydrogens is 194 g/mol. The van der Waals surface area contributed by atoms with Crippen LogP contribution in [0.2, 0.25) is 0 Å². The highest BCUT2D eigenvalue weighted by molar-refractivity contribution is 5.24. The van der Waals surface area contributed by atoms with Crippen LogP contribution in [0.15, 0.2) is 12.1 Å². The lowest BCUT2D eigenvalue weighted by atomic mass is 10.1. The zero-order valence-electron chi connectivity index (χ0n) is 8.56. The van der Waals surface area contributed by atoms with Crippen molar-refractivity contribution in [2.24, 2.45) is 11.5 Å². The van der Waals surface area contributed by atoms with Gasteiger partial charge < -0.3 is 21.7 Å². The second kappa shape index (κ2) is 5.77. The molecule has 1 aromatic rings. The van der Waals surface area contributed by atoms with E-state index in [1.54, 1.807) is 6.07 Å². The maximum atomic E-state index is 9.31. The molecule has 15 heavy (non-hydrogen) atoms. The van der Waals surface area contributed by atoms with E-state index in [9.17, 15) is 5.11 Å². The van der Waals surface area contributed by atoms with Crippen LogP contribution in [0.3, 0.4) is 0 Å². The summed E-state index contributed by atoms with van der Waals surface area (Å²) >= 11 is 0. The first-order valence-electron chi connectivity index (χ1n) is 4.88. The molecule has 0 aliphatic heterocycles. The summed E-state index contributed by atoms with van der Waals surface area (Å²) in [5.41, 5.74) is 13.4. The van der Waals surface area contributed by atoms with Crippen LogP contribution in [0.5, 0.6) is 0 Å². The minimum atomic E-state index is -0.763. The van der Waals surface area contributed by atoms with E-state index in [1.807, 2.05) is 6.07 Å². The Labute approximate surface area is 88.7 Å². The van der Waals surface area contributed by atoms with E-state index in [0.717, 1.165) is 17.0 Å². The van der Waals surface area contributed by atoms with Gasteiger partial charge in [0.1, 0.15) is 0 Å². The molecule has 0 radical (unpaired) electrons. The maximum Gasteiger partial charge on any atom is 0.0811 e. The molecule has 0 aromatic carbocycles. The van der Waals surface area contributed by atoms with Gasteiger partial charge in [-0.3, -0.25) is 4.98 Å². The van der Waals surface area contributed by atoms with E-state index >= 15 is 0 Å². The Kier molecular flexibility index (Phi) is 4.64. The molecule has 0 saturated carbocycles. The van der Waals surface area contributed by atoms with E-state index in [4.69, 9.17) is 16.6 Å². The highest BCUT2D eigenvalue weighted by atomic mass is 16.3. The highest BCUT2D eigenvalue weighted by Crippen LogP contribution is 2.10. The first-order chi connectivity index (χ1) is 7.21. The first kappa shape index (κ1) is 12.1. The van der Waals surface area contributed by atoms with Gasteiger partial charge in [0.15, 0.2) is 0 Å². The predicted molar refractivity (Wildman–Crippen MR) is 56.8 cm³/mol. The van der Waals surface area contributed by atoms with Crippen LogP contribution < -0.4 is 11.5 Å². The third-order valence-electron chi connectivity index (χ3n) is 2.19. The molecule has 1 unspecified atom stereocenters. The molecule has 0 bridgehead atoms. The first-order valence-corrected chi connectivity index (χ1v) is 4.88. The fourth-order valence-corrected chi connectivity index (χ4v) is 1.37. The molecule has 1 rings (SSSR count). The number of aromatic nitrogens is 1. The van der Waals surface area contributed by atoms with Gasteiger partial charge in [-0.05, 0) is 11.6 Å². The number of pyridine rings is 1. The van der Waals surface area contributed by atoms with E-state index < -0.39 is 6.10 Å². The van der Waals surface area contributed by atoms with E-state index in [-0.39, 0.29) is 6.61 Å². The van der Waals surface area contributed by atoms with Crippen LogP contribution in [0.1, 0.15) is 17.0 Å². The van der Waals surface area contributed by atoms with Crippen LogP contribution in [0, 0.1) is 0 Å². The predicted octanol–water partition coefficient (Wildman–Crippen LogP) is -1.11. The summed E-state index contributed by atoms with van der Waals surface area (Å²) < 4.78 is 0. The van der Waals surface area contributed by atoms with Crippen molar-refractivity contribution in [2.45, 2.75) is 25.6 Å². The normalized spacial score (nSPS) is 12.8. The molecule has 0 fully saturated rings. The van der Waals surface area contributed by atoms with Gasteiger partial charge >= 0.3 is 0 Å². The molecule has 5 nitrogen and oxygen atoms in total. The van der Waals surface area contributed by atoms with E-state index in [0.29, 0.717) is 19.5 Å².